The van der Waals surface area contributed by atoms with Gasteiger partial charge in [0.05, 0.1) is 23.7 Å². The van der Waals surface area contributed by atoms with Crippen molar-refractivity contribution in [2.45, 2.75) is 115 Å². The van der Waals surface area contributed by atoms with Gasteiger partial charge in [0.1, 0.15) is 0 Å². The first-order chi connectivity index (χ1) is 16.0. The highest BCUT2D eigenvalue weighted by Crippen LogP contribution is 2.41. The van der Waals surface area contributed by atoms with Crippen molar-refractivity contribution in [2.75, 3.05) is 5.32 Å². The van der Waals surface area contributed by atoms with Gasteiger partial charge >= 0.3 is 5.97 Å². The summed E-state index contributed by atoms with van der Waals surface area (Å²) in [6.45, 7) is 4.41. The Hall–Kier alpha value is -2.15. The van der Waals surface area contributed by atoms with Crippen LogP contribution in [0.25, 0.3) is 5.52 Å². The minimum Gasteiger partial charge on any atom is -0.481 e. The molecule has 2 aliphatic carbocycles. The van der Waals surface area contributed by atoms with Crippen LogP contribution in [0.1, 0.15) is 114 Å². The fraction of sp³-hybridized carbons (Fsp3) is 0.731. The van der Waals surface area contributed by atoms with E-state index >= 15 is 0 Å². The number of nitrogens with zero attached hydrogens (tertiary/aromatic N) is 3. The Morgan fingerprint density at radius 1 is 1.12 bits per heavy atom. The van der Waals surface area contributed by atoms with Gasteiger partial charge in [0, 0.05) is 17.7 Å². The lowest BCUT2D eigenvalue weighted by Gasteiger charge is -2.26. The number of hydrogen-bond acceptors (Lipinski definition) is 5. The third kappa shape index (κ3) is 5.68. The van der Waals surface area contributed by atoms with Crippen LogP contribution in [0.4, 0.5) is 5.95 Å². The van der Waals surface area contributed by atoms with E-state index < -0.39 is 5.97 Å². The fourth-order valence-corrected chi connectivity index (χ4v) is 5.74. The standard InChI is InChI=1S/C26H40N4O3/c1-3-4-5-6-17(2)28-26-27-16-24-22(18-7-9-20(10-8-18)25(32)33)15-23(30(24)29-26)19-11-13-21(31)14-12-19/h15-21,31H,3-14H2,1-2H3,(H,28,29)(H,32,33)/t17-,18?,19-,20?,21-/m0/s1. The molecule has 2 fully saturated rings. The van der Waals surface area contributed by atoms with Gasteiger partial charge in [-0.15, -0.1) is 5.10 Å². The molecule has 0 aromatic carbocycles. The van der Waals surface area contributed by atoms with Crippen molar-refractivity contribution in [1.29, 1.82) is 0 Å². The molecule has 0 saturated heterocycles. The average molecular weight is 457 g/mol. The van der Waals surface area contributed by atoms with E-state index in [2.05, 4.69) is 34.7 Å². The summed E-state index contributed by atoms with van der Waals surface area (Å²) < 4.78 is 2.09. The predicted octanol–water partition coefficient (Wildman–Crippen LogP) is 5.49. The smallest absolute Gasteiger partial charge is 0.306 e. The molecule has 2 aromatic heterocycles. The predicted molar refractivity (Wildman–Crippen MR) is 130 cm³/mol. The lowest BCUT2D eigenvalue weighted by molar-refractivity contribution is -0.142. The summed E-state index contributed by atoms with van der Waals surface area (Å²) in [6.07, 6.45) is 13.4. The molecule has 1 atom stereocenters. The van der Waals surface area contributed by atoms with Gasteiger partial charge in [0.25, 0.3) is 0 Å². The molecule has 2 saturated carbocycles. The zero-order chi connectivity index (χ0) is 23.4. The van der Waals surface area contributed by atoms with Crippen LogP contribution in [-0.2, 0) is 4.79 Å². The molecule has 3 N–H and O–H groups in total. The van der Waals surface area contributed by atoms with Crippen LogP contribution in [-0.4, -0.2) is 42.9 Å². The maximum atomic E-state index is 11.4. The molecule has 7 nitrogen and oxygen atoms in total. The third-order valence-electron chi connectivity index (χ3n) is 7.82. The van der Waals surface area contributed by atoms with E-state index in [1.54, 1.807) is 0 Å². The minimum absolute atomic E-state index is 0.186. The monoisotopic (exact) mass is 456 g/mol. The molecule has 0 bridgehead atoms. The van der Waals surface area contributed by atoms with Crippen LogP contribution in [0.15, 0.2) is 12.3 Å². The summed E-state index contributed by atoms with van der Waals surface area (Å²) >= 11 is 0. The summed E-state index contributed by atoms with van der Waals surface area (Å²) in [5, 5.41) is 27.8. The summed E-state index contributed by atoms with van der Waals surface area (Å²) in [5.41, 5.74) is 3.54. The Bertz CT molecular complexity index is 927. The average Bonchev–Trinajstić information content (AvgIpc) is 3.18. The van der Waals surface area contributed by atoms with Crippen LogP contribution in [0, 0.1) is 5.92 Å². The summed E-state index contributed by atoms with van der Waals surface area (Å²) in [4.78, 5) is 16.1. The highest BCUT2D eigenvalue weighted by molar-refractivity contribution is 5.70. The maximum absolute atomic E-state index is 11.4. The number of aliphatic carboxylic acids is 1. The molecule has 182 valence electrons. The largest absolute Gasteiger partial charge is 0.481 e. The number of aromatic nitrogens is 3. The highest BCUT2D eigenvalue weighted by atomic mass is 16.4. The van der Waals surface area contributed by atoms with Crippen molar-refractivity contribution < 1.29 is 15.0 Å². The van der Waals surface area contributed by atoms with Crippen LogP contribution in [0.3, 0.4) is 0 Å². The van der Waals surface area contributed by atoms with Crippen molar-refractivity contribution >= 4 is 17.4 Å². The molecular formula is C26H40N4O3. The first kappa shape index (κ1) is 24.0. The number of hydrogen-bond donors (Lipinski definition) is 3. The number of aliphatic hydroxyl groups excluding tert-OH is 1. The molecule has 4 rings (SSSR count). The maximum Gasteiger partial charge on any atom is 0.306 e. The summed E-state index contributed by atoms with van der Waals surface area (Å²) in [5.74, 6) is 0.531. The van der Waals surface area contributed by atoms with Crippen LogP contribution in [0.2, 0.25) is 0 Å². The second-order valence-electron chi connectivity index (χ2n) is 10.3. The molecule has 2 aromatic rings. The van der Waals surface area contributed by atoms with Crippen LogP contribution < -0.4 is 5.32 Å². The van der Waals surface area contributed by atoms with Gasteiger partial charge in [-0.2, -0.15) is 0 Å². The second kappa shape index (κ2) is 10.9. The van der Waals surface area contributed by atoms with Crippen molar-refractivity contribution in [3.05, 3.63) is 23.5 Å². The van der Waals surface area contributed by atoms with E-state index in [-0.39, 0.29) is 12.0 Å². The first-order valence-electron chi connectivity index (χ1n) is 13.0. The number of nitrogens with one attached hydrogen (secondary N) is 1. The van der Waals surface area contributed by atoms with Gasteiger partial charge in [-0.25, -0.2) is 9.50 Å². The van der Waals surface area contributed by atoms with Gasteiger partial charge in [-0.3, -0.25) is 4.79 Å². The first-order valence-corrected chi connectivity index (χ1v) is 13.0. The van der Waals surface area contributed by atoms with E-state index in [0.29, 0.717) is 23.8 Å². The van der Waals surface area contributed by atoms with Crippen LogP contribution in [0.5, 0.6) is 0 Å². The van der Waals surface area contributed by atoms with E-state index in [0.717, 1.165) is 63.3 Å². The molecule has 0 unspecified atom stereocenters. The summed E-state index contributed by atoms with van der Waals surface area (Å²) in [6, 6.07) is 2.63. The highest BCUT2D eigenvalue weighted by Gasteiger charge is 2.31. The third-order valence-corrected chi connectivity index (χ3v) is 7.82. The van der Waals surface area contributed by atoms with Gasteiger partial charge in [0.2, 0.25) is 5.95 Å². The fourth-order valence-electron chi connectivity index (χ4n) is 5.74. The van der Waals surface area contributed by atoms with Crippen molar-refractivity contribution in [2.24, 2.45) is 5.92 Å². The molecule has 0 aliphatic heterocycles. The van der Waals surface area contributed by atoms with E-state index in [1.807, 2.05) is 6.20 Å². The molecule has 2 heterocycles. The molecule has 33 heavy (non-hydrogen) atoms. The van der Waals surface area contributed by atoms with Gasteiger partial charge < -0.3 is 15.5 Å². The lowest BCUT2D eigenvalue weighted by Crippen LogP contribution is -2.20. The second-order valence-corrected chi connectivity index (χ2v) is 10.3. The van der Waals surface area contributed by atoms with Crippen LogP contribution >= 0.6 is 0 Å². The Labute approximate surface area is 197 Å². The Morgan fingerprint density at radius 2 is 1.82 bits per heavy atom. The number of carbonyl (C=O) groups is 1. The molecule has 0 radical (unpaired) electrons. The van der Waals surface area contributed by atoms with Crippen molar-refractivity contribution in [3.8, 4) is 0 Å². The Kier molecular flexibility index (Phi) is 7.89. The van der Waals surface area contributed by atoms with E-state index in [4.69, 9.17) is 5.10 Å². The molecule has 0 amide bonds. The van der Waals surface area contributed by atoms with Gasteiger partial charge in [-0.1, -0.05) is 26.2 Å². The number of unbranched alkanes of at least 4 members (excludes halogenated alkanes) is 2. The zero-order valence-corrected chi connectivity index (χ0v) is 20.2. The molecule has 7 heteroatoms. The molecule has 2 aliphatic rings. The Balaban J connectivity index is 1.60. The lowest BCUT2D eigenvalue weighted by atomic mass is 9.78. The molecule has 0 spiro atoms. The Morgan fingerprint density at radius 3 is 2.48 bits per heavy atom. The van der Waals surface area contributed by atoms with Gasteiger partial charge in [0.15, 0.2) is 0 Å². The van der Waals surface area contributed by atoms with Crippen molar-refractivity contribution in [1.82, 2.24) is 14.6 Å². The number of fused-ring (bicyclic) bond motifs is 1. The SMILES string of the molecule is CCCCC[C@H](C)Nc1ncc2c(C3CCC(C(=O)O)CC3)cc([C@H]3CC[C@H](O)CC3)n2n1. The number of aliphatic hydroxyl groups is 1. The number of carboxylic acids is 1. The van der Waals surface area contributed by atoms with Crippen molar-refractivity contribution in [3.63, 3.8) is 0 Å². The number of anilines is 1. The molecular weight excluding hydrogens is 416 g/mol. The summed E-state index contributed by atoms with van der Waals surface area (Å²) in [7, 11) is 0. The number of rotatable bonds is 9. The normalized spacial score (nSPS) is 26.9. The zero-order valence-electron chi connectivity index (χ0n) is 20.2. The van der Waals surface area contributed by atoms with E-state index in [9.17, 15) is 15.0 Å². The van der Waals surface area contributed by atoms with E-state index in [1.165, 1.54) is 30.5 Å². The quantitative estimate of drug-likeness (QED) is 0.432. The number of carboxylic acid groups (broad SMARTS) is 1. The van der Waals surface area contributed by atoms with Gasteiger partial charge in [-0.05, 0) is 82.3 Å². The minimum atomic E-state index is -0.663. The topological polar surface area (TPSA) is 99.8 Å².